The van der Waals surface area contributed by atoms with E-state index in [1.165, 1.54) is 0 Å². The Kier molecular flexibility index (Phi) is 7.59. The highest BCUT2D eigenvalue weighted by molar-refractivity contribution is 5.79. The van der Waals surface area contributed by atoms with Crippen LogP contribution < -0.4 is 0 Å². The van der Waals surface area contributed by atoms with Gasteiger partial charge >= 0.3 is 5.97 Å². The first-order valence-corrected chi connectivity index (χ1v) is 6.54. The van der Waals surface area contributed by atoms with E-state index in [4.69, 9.17) is 5.11 Å². The van der Waals surface area contributed by atoms with E-state index in [-0.39, 0.29) is 24.4 Å². The lowest BCUT2D eigenvalue weighted by atomic mass is 10.2. The molecule has 0 unspecified atom stereocenters. The zero-order valence-electron chi connectivity index (χ0n) is 12.1. The fourth-order valence-corrected chi connectivity index (χ4v) is 2.05. The molecule has 0 rings (SSSR count). The van der Waals surface area contributed by atoms with Gasteiger partial charge < -0.3 is 10.0 Å². The molecule has 0 atom stereocenters. The molecule has 0 aromatic carbocycles. The maximum atomic E-state index is 12.2. The van der Waals surface area contributed by atoms with Gasteiger partial charge in [0.1, 0.15) is 0 Å². The molecule has 0 aliphatic carbocycles. The second kappa shape index (κ2) is 8.08. The van der Waals surface area contributed by atoms with Crippen LogP contribution in [0.25, 0.3) is 0 Å². The summed E-state index contributed by atoms with van der Waals surface area (Å²) in [6, 6.07) is 0.325. The summed E-state index contributed by atoms with van der Waals surface area (Å²) in [5.74, 6) is -0.766. The molecular weight excluding hydrogens is 232 g/mol. The number of hydrogen-bond donors (Lipinski definition) is 1. The molecule has 5 heteroatoms. The van der Waals surface area contributed by atoms with Crippen LogP contribution in [0.1, 0.15) is 41.0 Å². The molecular formula is C13H26N2O3. The number of carbonyl (C=O) groups excluding carboxylic acids is 1. The number of likely N-dealkylation sites (N-methyl/N-ethyl adjacent to an activating group) is 1. The predicted octanol–water partition coefficient (Wildman–Crippen LogP) is 1.43. The van der Waals surface area contributed by atoms with Crippen LogP contribution in [0.3, 0.4) is 0 Å². The molecule has 0 aliphatic heterocycles. The highest BCUT2D eigenvalue weighted by Gasteiger charge is 2.21. The Balaban J connectivity index is 4.44. The van der Waals surface area contributed by atoms with E-state index < -0.39 is 5.97 Å². The maximum absolute atomic E-state index is 12.2. The summed E-state index contributed by atoms with van der Waals surface area (Å²) in [4.78, 5) is 26.4. The van der Waals surface area contributed by atoms with Gasteiger partial charge in [0, 0.05) is 18.6 Å². The highest BCUT2D eigenvalue weighted by Crippen LogP contribution is 2.06. The normalized spacial score (nSPS) is 11.3. The molecule has 106 valence electrons. The Hall–Kier alpha value is -1.10. The van der Waals surface area contributed by atoms with Crippen molar-refractivity contribution in [1.82, 2.24) is 9.80 Å². The third kappa shape index (κ3) is 6.00. The zero-order chi connectivity index (χ0) is 14.3. The van der Waals surface area contributed by atoms with Gasteiger partial charge in [-0.05, 0) is 34.2 Å². The van der Waals surface area contributed by atoms with Gasteiger partial charge in [-0.2, -0.15) is 0 Å². The van der Waals surface area contributed by atoms with Crippen molar-refractivity contribution in [3.8, 4) is 0 Å². The van der Waals surface area contributed by atoms with E-state index in [1.807, 2.05) is 44.4 Å². The third-order valence-corrected chi connectivity index (χ3v) is 2.85. The molecule has 0 bridgehead atoms. The summed E-state index contributed by atoms with van der Waals surface area (Å²) in [7, 11) is 0. The van der Waals surface area contributed by atoms with Crippen molar-refractivity contribution < 1.29 is 14.7 Å². The topological polar surface area (TPSA) is 60.9 Å². The van der Waals surface area contributed by atoms with Crippen molar-refractivity contribution in [2.75, 3.05) is 19.6 Å². The van der Waals surface area contributed by atoms with E-state index in [0.717, 1.165) is 0 Å². The average molecular weight is 258 g/mol. The molecule has 0 aromatic heterocycles. The molecule has 1 N–H and O–H groups in total. The van der Waals surface area contributed by atoms with E-state index in [1.54, 1.807) is 0 Å². The van der Waals surface area contributed by atoms with Crippen molar-refractivity contribution in [3.05, 3.63) is 0 Å². The van der Waals surface area contributed by atoms with Crippen molar-refractivity contribution in [2.24, 2.45) is 0 Å². The van der Waals surface area contributed by atoms with E-state index >= 15 is 0 Å². The lowest BCUT2D eigenvalue weighted by Crippen LogP contribution is -2.47. The quantitative estimate of drug-likeness (QED) is 0.715. The first kappa shape index (κ1) is 16.9. The van der Waals surface area contributed by atoms with Gasteiger partial charge in [0.25, 0.3) is 0 Å². The highest BCUT2D eigenvalue weighted by atomic mass is 16.4. The summed E-state index contributed by atoms with van der Waals surface area (Å²) in [5.41, 5.74) is 0. The van der Waals surface area contributed by atoms with Crippen LogP contribution in [-0.4, -0.2) is 58.5 Å². The molecule has 0 fully saturated rings. The lowest BCUT2D eigenvalue weighted by molar-refractivity contribution is -0.139. The number of amides is 1. The first-order chi connectivity index (χ1) is 8.29. The largest absolute Gasteiger partial charge is 0.481 e. The van der Waals surface area contributed by atoms with E-state index in [9.17, 15) is 9.59 Å². The van der Waals surface area contributed by atoms with Gasteiger partial charge in [0.2, 0.25) is 5.91 Å². The van der Waals surface area contributed by atoms with Gasteiger partial charge in [-0.1, -0.05) is 6.92 Å². The molecule has 18 heavy (non-hydrogen) atoms. The van der Waals surface area contributed by atoms with Crippen LogP contribution in [-0.2, 0) is 9.59 Å². The molecule has 5 nitrogen and oxygen atoms in total. The lowest BCUT2D eigenvalue weighted by Gasteiger charge is -2.32. The molecule has 0 radical (unpaired) electrons. The van der Waals surface area contributed by atoms with Crippen LogP contribution >= 0.6 is 0 Å². The fraction of sp³-hybridized carbons (Fsp3) is 0.846. The van der Waals surface area contributed by atoms with Crippen molar-refractivity contribution >= 4 is 11.9 Å². The van der Waals surface area contributed by atoms with Crippen LogP contribution in [0.15, 0.2) is 0 Å². The second-order valence-electron chi connectivity index (χ2n) is 5.00. The molecule has 0 heterocycles. The molecule has 0 aromatic rings. The molecule has 0 saturated heterocycles. The predicted molar refractivity (Wildman–Crippen MR) is 71.5 cm³/mol. The van der Waals surface area contributed by atoms with Crippen molar-refractivity contribution in [3.63, 3.8) is 0 Å². The van der Waals surface area contributed by atoms with E-state index in [2.05, 4.69) is 0 Å². The summed E-state index contributed by atoms with van der Waals surface area (Å²) in [5, 5.41) is 8.66. The molecule has 0 saturated carbocycles. The summed E-state index contributed by atoms with van der Waals surface area (Å²) >= 11 is 0. The third-order valence-electron chi connectivity index (χ3n) is 2.85. The number of carboxylic acid groups (broad SMARTS) is 1. The van der Waals surface area contributed by atoms with Crippen molar-refractivity contribution in [1.29, 1.82) is 0 Å². The Morgan fingerprint density at radius 1 is 1.11 bits per heavy atom. The standard InChI is InChI=1S/C13H26N2O3/c1-6-14(8-7-13(17)18)9-12(16)15(10(2)3)11(4)5/h10-11H,6-9H2,1-5H3,(H,17,18). The maximum Gasteiger partial charge on any atom is 0.304 e. The number of aliphatic carboxylic acids is 1. The monoisotopic (exact) mass is 258 g/mol. The van der Waals surface area contributed by atoms with Crippen molar-refractivity contribution in [2.45, 2.75) is 53.1 Å². The average Bonchev–Trinajstić information content (AvgIpc) is 2.22. The van der Waals surface area contributed by atoms with Crippen LogP contribution in [0.5, 0.6) is 0 Å². The fourth-order valence-electron chi connectivity index (χ4n) is 2.05. The van der Waals surface area contributed by atoms with Gasteiger partial charge in [-0.25, -0.2) is 0 Å². The van der Waals surface area contributed by atoms with E-state index in [0.29, 0.717) is 19.6 Å². The number of hydrogen-bond acceptors (Lipinski definition) is 3. The first-order valence-electron chi connectivity index (χ1n) is 6.54. The van der Waals surface area contributed by atoms with Crippen LogP contribution in [0, 0.1) is 0 Å². The minimum atomic E-state index is -0.828. The molecule has 1 amide bonds. The molecule has 0 aliphatic rings. The Labute approximate surface area is 110 Å². The number of carboxylic acids is 1. The number of carbonyl (C=O) groups is 2. The summed E-state index contributed by atoms with van der Waals surface area (Å²) in [6.45, 7) is 11.3. The summed E-state index contributed by atoms with van der Waals surface area (Å²) in [6.07, 6.45) is 0.0739. The molecule has 0 spiro atoms. The van der Waals surface area contributed by atoms with Crippen LogP contribution in [0.2, 0.25) is 0 Å². The number of rotatable bonds is 8. The second-order valence-corrected chi connectivity index (χ2v) is 5.00. The van der Waals surface area contributed by atoms with Gasteiger partial charge in [0.15, 0.2) is 0 Å². The smallest absolute Gasteiger partial charge is 0.304 e. The van der Waals surface area contributed by atoms with Gasteiger partial charge in [0.05, 0.1) is 13.0 Å². The minimum absolute atomic E-state index is 0.0623. The Bertz CT molecular complexity index is 269. The van der Waals surface area contributed by atoms with Gasteiger partial charge in [-0.3, -0.25) is 14.5 Å². The SMILES string of the molecule is CCN(CCC(=O)O)CC(=O)N(C(C)C)C(C)C. The number of nitrogens with zero attached hydrogens (tertiary/aromatic N) is 2. The minimum Gasteiger partial charge on any atom is -0.481 e. The zero-order valence-corrected chi connectivity index (χ0v) is 12.1. The van der Waals surface area contributed by atoms with Crippen LogP contribution in [0.4, 0.5) is 0 Å². The summed E-state index contributed by atoms with van der Waals surface area (Å²) < 4.78 is 0. The van der Waals surface area contributed by atoms with Gasteiger partial charge in [-0.15, -0.1) is 0 Å². The Morgan fingerprint density at radius 3 is 1.94 bits per heavy atom. The Morgan fingerprint density at radius 2 is 1.61 bits per heavy atom.